The van der Waals surface area contributed by atoms with Crippen LogP contribution in [0.15, 0.2) is 48.5 Å². The van der Waals surface area contributed by atoms with E-state index in [1.165, 1.54) is 12.1 Å². The third-order valence-electron chi connectivity index (χ3n) is 2.67. The van der Waals surface area contributed by atoms with E-state index in [0.29, 0.717) is 23.7 Å². The number of nitrogens with one attached hydrogen (secondary N) is 2. The molecule has 0 bridgehead atoms. The lowest BCUT2D eigenvalue weighted by Crippen LogP contribution is -2.16. The van der Waals surface area contributed by atoms with Crippen LogP contribution in [0.1, 0.15) is 6.42 Å². The maximum Gasteiger partial charge on any atom is 0.226 e. The van der Waals surface area contributed by atoms with Crippen molar-refractivity contribution >= 4 is 28.9 Å². The van der Waals surface area contributed by atoms with Gasteiger partial charge in [-0.2, -0.15) is 0 Å². The van der Waals surface area contributed by atoms with E-state index >= 15 is 0 Å². The van der Waals surface area contributed by atoms with Gasteiger partial charge in [0.25, 0.3) is 0 Å². The van der Waals surface area contributed by atoms with Crippen molar-refractivity contribution in [3.05, 3.63) is 59.4 Å². The Balaban J connectivity index is 1.78. The summed E-state index contributed by atoms with van der Waals surface area (Å²) in [6.45, 7) is 0.460. The second kappa shape index (κ2) is 6.91. The third-order valence-corrected chi connectivity index (χ3v) is 3.00. The fourth-order valence-electron chi connectivity index (χ4n) is 1.66. The molecule has 3 nitrogen and oxygen atoms in total. The molecule has 0 aromatic heterocycles. The van der Waals surface area contributed by atoms with Crippen molar-refractivity contribution in [1.82, 2.24) is 0 Å². The maximum absolute atomic E-state index is 12.7. The zero-order valence-electron chi connectivity index (χ0n) is 10.7. The van der Waals surface area contributed by atoms with Crippen LogP contribution in [0, 0.1) is 5.82 Å². The Morgan fingerprint density at radius 1 is 1.10 bits per heavy atom. The van der Waals surface area contributed by atoms with Crippen LogP contribution in [0.3, 0.4) is 0 Å². The molecule has 0 unspecified atom stereocenters. The number of carbonyl (C=O) groups excluding carboxylic acids is 1. The summed E-state index contributed by atoms with van der Waals surface area (Å²) in [5.74, 6) is -0.417. The Kier molecular flexibility index (Phi) is 4.96. The molecule has 0 radical (unpaired) electrons. The van der Waals surface area contributed by atoms with E-state index in [2.05, 4.69) is 10.6 Å². The molecule has 0 spiro atoms. The van der Waals surface area contributed by atoms with Gasteiger partial charge in [-0.1, -0.05) is 23.7 Å². The van der Waals surface area contributed by atoms with Gasteiger partial charge in [0.1, 0.15) is 5.82 Å². The minimum atomic E-state index is -0.285. The molecular formula is C15H14ClFN2O. The number of hydrogen-bond acceptors (Lipinski definition) is 2. The third kappa shape index (κ3) is 4.24. The molecule has 0 aliphatic carbocycles. The van der Waals surface area contributed by atoms with Gasteiger partial charge in [-0.05, 0) is 36.4 Å². The largest absolute Gasteiger partial charge is 0.385 e. The number of carbonyl (C=O) groups is 1. The molecule has 0 aliphatic heterocycles. The molecule has 0 saturated heterocycles. The summed E-state index contributed by atoms with van der Waals surface area (Å²) >= 11 is 5.95. The van der Waals surface area contributed by atoms with Crippen molar-refractivity contribution in [2.24, 2.45) is 0 Å². The number of rotatable bonds is 5. The Hall–Kier alpha value is -2.07. The second-order valence-corrected chi connectivity index (χ2v) is 4.62. The molecule has 5 heteroatoms. The number of anilines is 2. The summed E-state index contributed by atoms with van der Waals surface area (Å²) in [7, 11) is 0. The number of para-hydroxylation sites is 1. The van der Waals surface area contributed by atoms with E-state index < -0.39 is 0 Å². The molecule has 1 amide bonds. The van der Waals surface area contributed by atoms with Crippen molar-refractivity contribution in [2.75, 3.05) is 17.2 Å². The highest BCUT2D eigenvalue weighted by Crippen LogP contribution is 2.20. The quantitative estimate of drug-likeness (QED) is 0.877. The highest BCUT2D eigenvalue weighted by Gasteiger charge is 2.04. The molecule has 2 aromatic carbocycles. The highest BCUT2D eigenvalue weighted by molar-refractivity contribution is 6.33. The van der Waals surface area contributed by atoms with Crippen LogP contribution in [0.2, 0.25) is 5.02 Å². The summed E-state index contributed by atoms with van der Waals surface area (Å²) in [5, 5.41) is 6.28. The SMILES string of the molecule is O=C(CCNc1ccc(F)cc1)Nc1ccccc1Cl. The van der Waals surface area contributed by atoms with Crippen molar-refractivity contribution in [3.8, 4) is 0 Å². The topological polar surface area (TPSA) is 41.1 Å². The van der Waals surface area contributed by atoms with Crippen molar-refractivity contribution in [2.45, 2.75) is 6.42 Å². The normalized spacial score (nSPS) is 10.1. The first-order valence-electron chi connectivity index (χ1n) is 6.19. The summed E-state index contributed by atoms with van der Waals surface area (Å²) in [6, 6.07) is 13.1. The molecule has 2 rings (SSSR count). The minimum absolute atomic E-state index is 0.132. The molecule has 20 heavy (non-hydrogen) atoms. The van der Waals surface area contributed by atoms with Crippen LogP contribution < -0.4 is 10.6 Å². The van der Waals surface area contributed by atoms with Gasteiger partial charge in [-0.15, -0.1) is 0 Å². The van der Waals surface area contributed by atoms with E-state index in [1.807, 2.05) is 0 Å². The lowest BCUT2D eigenvalue weighted by atomic mass is 10.3. The Bertz CT molecular complexity index is 587. The average molecular weight is 293 g/mol. The zero-order valence-corrected chi connectivity index (χ0v) is 11.5. The summed E-state index contributed by atoms with van der Waals surface area (Å²) in [5.41, 5.74) is 1.37. The standard InChI is InChI=1S/C15H14ClFN2O/c16-13-3-1-2-4-14(13)19-15(20)9-10-18-12-7-5-11(17)6-8-12/h1-8,18H,9-10H2,(H,19,20). The first-order chi connectivity index (χ1) is 9.65. The van der Waals surface area contributed by atoms with Crippen LogP contribution in [0.25, 0.3) is 0 Å². The Morgan fingerprint density at radius 3 is 2.50 bits per heavy atom. The first kappa shape index (κ1) is 14.3. The fourth-order valence-corrected chi connectivity index (χ4v) is 1.85. The summed E-state index contributed by atoms with van der Waals surface area (Å²) in [4.78, 5) is 11.7. The maximum atomic E-state index is 12.7. The van der Waals surface area contributed by atoms with Crippen LogP contribution in [-0.2, 0) is 4.79 Å². The van der Waals surface area contributed by atoms with Gasteiger partial charge < -0.3 is 10.6 Å². The molecule has 0 saturated carbocycles. The molecule has 0 fully saturated rings. The lowest BCUT2D eigenvalue weighted by molar-refractivity contribution is -0.115. The fraction of sp³-hybridized carbons (Fsp3) is 0.133. The molecule has 0 atom stereocenters. The van der Waals surface area contributed by atoms with Crippen LogP contribution in [-0.4, -0.2) is 12.5 Å². The van der Waals surface area contributed by atoms with E-state index in [-0.39, 0.29) is 11.7 Å². The minimum Gasteiger partial charge on any atom is -0.385 e. The number of benzene rings is 2. The molecular weight excluding hydrogens is 279 g/mol. The van der Waals surface area contributed by atoms with E-state index in [4.69, 9.17) is 11.6 Å². The van der Waals surface area contributed by atoms with E-state index in [9.17, 15) is 9.18 Å². The Labute approximate surface area is 121 Å². The molecule has 2 aromatic rings. The molecule has 2 N–H and O–H groups in total. The smallest absolute Gasteiger partial charge is 0.226 e. The highest BCUT2D eigenvalue weighted by atomic mass is 35.5. The van der Waals surface area contributed by atoms with Crippen LogP contribution >= 0.6 is 11.6 Å². The lowest BCUT2D eigenvalue weighted by Gasteiger charge is -2.08. The second-order valence-electron chi connectivity index (χ2n) is 4.21. The van der Waals surface area contributed by atoms with Gasteiger partial charge in [0.05, 0.1) is 10.7 Å². The first-order valence-corrected chi connectivity index (χ1v) is 6.57. The van der Waals surface area contributed by atoms with Crippen LogP contribution in [0.4, 0.5) is 15.8 Å². The van der Waals surface area contributed by atoms with E-state index in [0.717, 1.165) is 5.69 Å². The number of hydrogen-bond donors (Lipinski definition) is 2. The van der Waals surface area contributed by atoms with E-state index in [1.54, 1.807) is 36.4 Å². The van der Waals surface area contributed by atoms with Gasteiger partial charge in [-0.3, -0.25) is 4.79 Å². The van der Waals surface area contributed by atoms with Gasteiger partial charge in [0.2, 0.25) is 5.91 Å². The van der Waals surface area contributed by atoms with Gasteiger partial charge in [0.15, 0.2) is 0 Å². The van der Waals surface area contributed by atoms with Gasteiger partial charge in [-0.25, -0.2) is 4.39 Å². The number of halogens is 2. The summed E-state index contributed by atoms with van der Waals surface area (Å²) < 4.78 is 12.7. The van der Waals surface area contributed by atoms with Crippen LogP contribution in [0.5, 0.6) is 0 Å². The molecule has 0 aliphatic rings. The van der Waals surface area contributed by atoms with Crippen molar-refractivity contribution in [3.63, 3.8) is 0 Å². The van der Waals surface area contributed by atoms with Crippen molar-refractivity contribution < 1.29 is 9.18 Å². The average Bonchev–Trinajstić information content (AvgIpc) is 2.44. The predicted octanol–water partition coefficient (Wildman–Crippen LogP) is 3.92. The molecule has 104 valence electrons. The van der Waals surface area contributed by atoms with Gasteiger partial charge >= 0.3 is 0 Å². The monoisotopic (exact) mass is 292 g/mol. The zero-order chi connectivity index (χ0) is 14.4. The summed E-state index contributed by atoms with van der Waals surface area (Å²) in [6.07, 6.45) is 0.294. The van der Waals surface area contributed by atoms with Gasteiger partial charge in [0, 0.05) is 18.7 Å². The molecule has 0 heterocycles. The number of amides is 1. The predicted molar refractivity (Wildman–Crippen MR) is 79.6 cm³/mol. The Morgan fingerprint density at radius 2 is 1.80 bits per heavy atom. The van der Waals surface area contributed by atoms with Crippen molar-refractivity contribution in [1.29, 1.82) is 0 Å².